The molecule has 0 N–H and O–H groups in total. The Labute approximate surface area is 206 Å². The van der Waals surface area contributed by atoms with Gasteiger partial charge in [-0.05, 0) is 29.3 Å². The van der Waals surface area contributed by atoms with Gasteiger partial charge >= 0.3 is 11.7 Å². The van der Waals surface area contributed by atoms with Gasteiger partial charge in [0.05, 0.1) is 23.0 Å². The molecule has 8 nitrogen and oxygen atoms in total. The number of hydrogen-bond donors (Lipinski definition) is 0. The van der Waals surface area contributed by atoms with Gasteiger partial charge < -0.3 is 14.2 Å². The van der Waals surface area contributed by atoms with Gasteiger partial charge in [-0.3, -0.25) is 13.9 Å². The molecular weight excluding hydrogens is 460 g/mol. The van der Waals surface area contributed by atoms with E-state index in [1.165, 1.54) is 21.5 Å². The van der Waals surface area contributed by atoms with Crippen molar-refractivity contribution in [3.8, 4) is 0 Å². The van der Waals surface area contributed by atoms with Crippen LogP contribution in [-0.2, 0) is 34.2 Å². The van der Waals surface area contributed by atoms with Gasteiger partial charge in [0.15, 0.2) is 11.9 Å². The molecule has 5 rings (SSSR count). The molecule has 1 aliphatic rings. The smallest absolute Gasteiger partial charge is 0.338 e. The minimum absolute atomic E-state index is 0.0587. The minimum atomic E-state index is -0.701. The van der Waals surface area contributed by atoms with Crippen LogP contribution < -0.4 is 11.2 Å². The number of ether oxygens (including phenoxy) is 3. The van der Waals surface area contributed by atoms with Crippen LogP contribution in [0.15, 0.2) is 100 Å². The summed E-state index contributed by atoms with van der Waals surface area (Å²) >= 11 is 0. The summed E-state index contributed by atoms with van der Waals surface area (Å²) in [6.07, 6.45) is 1.14. The number of aryl methyl sites for hydroxylation is 1. The summed E-state index contributed by atoms with van der Waals surface area (Å²) in [7, 11) is 1.60. The van der Waals surface area contributed by atoms with E-state index < -0.39 is 23.3 Å². The fraction of sp³-hybridized carbons (Fsp3) is 0.179. The summed E-state index contributed by atoms with van der Waals surface area (Å²) in [5, 5.41) is 0.252. The van der Waals surface area contributed by atoms with Crippen LogP contribution in [0.5, 0.6) is 0 Å². The maximum absolute atomic E-state index is 13.3. The van der Waals surface area contributed by atoms with Crippen molar-refractivity contribution in [3.05, 3.63) is 128 Å². The summed E-state index contributed by atoms with van der Waals surface area (Å²) in [5.74, 6) is -0.197. The lowest BCUT2D eigenvalue weighted by atomic mass is 10.1. The predicted octanol–water partition coefficient (Wildman–Crippen LogP) is 3.36. The number of benzene rings is 3. The van der Waals surface area contributed by atoms with E-state index in [1.807, 2.05) is 60.7 Å². The predicted molar refractivity (Wildman–Crippen MR) is 133 cm³/mol. The number of aromatic nitrogens is 2. The number of carbonyl (C=O) groups is 1. The first kappa shape index (κ1) is 23.2. The normalized spacial score (nSPS) is 13.5. The van der Waals surface area contributed by atoms with E-state index in [0.29, 0.717) is 17.7 Å². The Hall–Kier alpha value is -4.59. The Kier molecular flexibility index (Phi) is 6.40. The van der Waals surface area contributed by atoms with E-state index in [9.17, 15) is 14.4 Å². The van der Waals surface area contributed by atoms with Crippen LogP contribution in [0.25, 0.3) is 10.9 Å². The molecule has 0 saturated heterocycles. The van der Waals surface area contributed by atoms with E-state index in [0.717, 1.165) is 11.1 Å². The Bertz CT molecular complexity index is 1550. The highest BCUT2D eigenvalue weighted by molar-refractivity contribution is 5.94. The van der Waals surface area contributed by atoms with Gasteiger partial charge in [-0.15, -0.1) is 0 Å². The van der Waals surface area contributed by atoms with Crippen molar-refractivity contribution >= 4 is 16.9 Å². The molecule has 0 aliphatic carbocycles. The summed E-state index contributed by atoms with van der Waals surface area (Å²) in [6.45, 7) is 0.185. The first-order valence-corrected chi connectivity index (χ1v) is 11.5. The van der Waals surface area contributed by atoms with E-state index in [-0.39, 0.29) is 24.3 Å². The third-order valence-corrected chi connectivity index (χ3v) is 6.09. The number of hydrogen-bond acceptors (Lipinski definition) is 6. The van der Waals surface area contributed by atoms with Crippen molar-refractivity contribution in [3.63, 3.8) is 0 Å². The molecule has 0 amide bonds. The summed E-state index contributed by atoms with van der Waals surface area (Å²) in [4.78, 5) is 39.4. The third kappa shape index (κ3) is 4.65. The van der Waals surface area contributed by atoms with Gasteiger partial charge in [0.2, 0.25) is 6.79 Å². The molecule has 0 bridgehead atoms. The number of fused-ring (bicyclic) bond motifs is 1. The van der Waals surface area contributed by atoms with Crippen molar-refractivity contribution in [1.82, 2.24) is 9.13 Å². The Balaban J connectivity index is 1.48. The molecule has 1 aromatic heterocycles. The highest BCUT2D eigenvalue weighted by atomic mass is 16.7. The average Bonchev–Trinajstić information content (AvgIpc) is 3.45. The summed E-state index contributed by atoms with van der Waals surface area (Å²) < 4.78 is 19.0. The van der Waals surface area contributed by atoms with Crippen LogP contribution in [0.3, 0.4) is 0 Å². The van der Waals surface area contributed by atoms with Crippen LogP contribution in [0, 0.1) is 0 Å². The SMILES string of the molecule is Cn1c(=O)n(Cc2ccccc2)c(=O)c2cc(C(=O)OC(Cc3ccccc3)C3=COCO3)ccc21. The first-order valence-electron chi connectivity index (χ1n) is 11.5. The molecule has 0 saturated carbocycles. The van der Waals surface area contributed by atoms with Crippen molar-refractivity contribution in [2.45, 2.75) is 19.1 Å². The van der Waals surface area contributed by atoms with E-state index in [2.05, 4.69) is 0 Å². The summed E-state index contributed by atoms with van der Waals surface area (Å²) in [5.41, 5.74) is 1.51. The molecular formula is C28H24N2O6. The number of rotatable bonds is 7. The fourth-order valence-electron chi connectivity index (χ4n) is 4.20. The topological polar surface area (TPSA) is 88.8 Å². The van der Waals surface area contributed by atoms with Gasteiger partial charge in [-0.1, -0.05) is 60.7 Å². The fourth-order valence-corrected chi connectivity index (χ4v) is 4.20. The standard InChI is InChI=1S/C28H24N2O6/c1-29-23-13-12-21(15-22(23)26(31)30(28(29)33)16-20-10-6-3-7-11-20)27(32)36-24(25-17-34-18-35-25)14-19-8-4-2-5-9-19/h2-13,15,17,24H,14,16,18H2,1H3. The molecule has 1 atom stereocenters. The van der Waals surface area contributed by atoms with Crippen LogP contribution >= 0.6 is 0 Å². The van der Waals surface area contributed by atoms with Gasteiger partial charge in [-0.25, -0.2) is 9.59 Å². The Morgan fingerprint density at radius 3 is 2.33 bits per heavy atom. The van der Waals surface area contributed by atoms with Crippen LogP contribution in [0.4, 0.5) is 0 Å². The average molecular weight is 485 g/mol. The maximum Gasteiger partial charge on any atom is 0.338 e. The molecule has 0 radical (unpaired) electrons. The highest BCUT2D eigenvalue weighted by Gasteiger charge is 2.26. The number of carbonyl (C=O) groups excluding carboxylic acids is 1. The second-order valence-electron chi connectivity index (χ2n) is 8.48. The van der Waals surface area contributed by atoms with Crippen LogP contribution in [-0.4, -0.2) is 28.0 Å². The molecule has 2 heterocycles. The molecule has 182 valence electrons. The van der Waals surface area contributed by atoms with E-state index >= 15 is 0 Å². The quantitative estimate of drug-likeness (QED) is 0.374. The van der Waals surface area contributed by atoms with Crippen molar-refractivity contribution < 1.29 is 19.0 Å². The van der Waals surface area contributed by atoms with Crippen molar-refractivity contribution in [2.24, 2.45) is 7.05 Å². The van der Waals surface area contributed by atoms with Gasteiger partial charge in [0, 0.05) is 13.5 Å². The third-order valence-electron chi connectivity index (χ3n) is 6.09. The molecule has 3 aromatic carbocycles. The van der Waals surface area contributed by atoms with E-state index in [4.69, 9.17) is 14.2 Å². The zero-order valence-electron chi connectivity index (χ0n) is 19.6. The van der Waals surface area contributed by atoms with Gasteiger partial charge in [0.1, 0.15) is 6.26 Å². The molecule has 1 unspecified atom stereocenters. The Morgan fingerprint density at radius 1 is 0.972 bits per heavy atom. The lowest BCUT2D eigenvalue weighted by Gasteiger charge is -2.18. The minimum Gasteiger partial charge on any atom is -0.461 e. The lowest BCUT2D eigenvalue weighted by molar-refractivity contribution is 0.0143. The van der Waals surface area contributed by atoms with Crippen molar-refractivity contribution in [1.29, 1.82) is 0 Å². The van der Waals surface area contributed by atoms with Crippen LogP contribution in [0.1, 0.15) is 21.5 Å². The summed E-state index contributed by atoms with van der Waals surface area (Å²) in [6, 6.07) is 23.4. The molecule has 0 spiro atoms. The first-order chi connectivity index (χ1) is 17.5. The lowest BCUT2D eigenvalue weighted by Crippen LogP contribution is -2.39. The zero-order chi connectivity index (χ0) is 25.1. The van der Waals surface area contributed by atoms with E-state index in [1.54, 1.807) is 19.2 Å². The Morgan fingerprint density at radius 2 is 1.67 bits per heavy atom. The second kappa shape index (κ2) is 9.95. The van der Waals surface area contributed by atoms with Gasteiger partial charge in [-0.2, -0.15) is 0 Å². The largest absolute Gasteiger partial charge is 0.461 e. The maximum atomic E-state index is 13.3. The van der Waals surface area contributed by atoms with Gasteiger partial charge in [0.25, 0.3) is 5.56 Å². The van der Waals surface area contributed by atoms with Crippen molar-refractivity contribution in [2.75, 3.05) is 6.79 Å². The zero-order valence-corrected chi connectivity index (χ0v) is 19.6. The molecule has 4 aromatic rings. The second-order valence-corrected chi connectivity index (χ2v) is 8.48. The molecule has 0 fully saturated rings. The number of nitrogens with zero attached hydrogens (tertiary/aromatic N) is 2. The molecule has 1 aliphatic heterocycles. The molecule has 36 heavy (non-hydrogen) atoms. The monoisotopic (exact) mass is 484 g/mol. The van der Waals surface area contributed by atoms with Crippen LogP contribution in [0.2, 0.25) is 0 Å². The highest BCUT2D eigenvalue weighted by Crippen LogP contribution is 2.21. The number of esters is 1. The molecule has 8 heteroatoms.